The Bertz CT molecular complexity index is 1030. The van der Waals surface area contributed by atoms with Crippen LogP contribution < -0.4 is 4.90 Å². The number of carboxylic acids is 1. The molecule has 1 N–H and O–H groups in total. The Morgan fingerprint density at radius 3 is 1.80 bits per heavy atom. The Hall–Kier alpha value is -3.47. The van der Waals surface area contributed by atoms with Crippen molar-refractivity contribution in [3.63, 3.8) is 0 Å². The molecule has 0 aromatic heterocycles. The minimum atomic E-state index is -1.51. The van der Waals surface area contributed by atoms with Crippen molar-refractivity contribution in [1.82, 2.24) is 0 Å². The average Bonchev–Trinajstić information content (AvgIpc) is 2.72. The zero-order chi connectivity index (χ0) is 21.9. The van der Waals surface area contributed by atoms with Crippen LogP contribution in [-0.4, -0.2) is 17.0 Å². The van der Waals surface area contributed by atoms with Crippen LogP contribution in [0.25, 0.3) is 11.1 Å². The maximum absolute atomic E-state index is 13.1. The van der Waals surface area contributed by atoms with Crippen LogP contribution in [0.15, 0.2) is 72.8 Å². The number of carbonyl (C=O) groups excluding carboxylic acids is 1. The lowest BCUT2D eigenvalue weighted by Gasteiger charge is -2.23. The van der Waals surface area contributed by atoms with Gasteiger partial charge < -0.3 is 5.11 Å². The third-order valence-corrected chi connectivity index (χ3v) is 4.95. The molecular weight excluding hydrogens is 381 g/mol. The molecule has 3 aromatic carbocycles. The van der Waals surface area contributed by atoms with E-state index >= 15 is 0 Å². The van der Waals surface area contributed by atoms with Gasteiger partial charge in [0.05, 0.1) is 6.54 Å². The molecule has 30 heavy (non-hydrogen) atoms. The van der Waals surface area contributed by atoms with Crippen LogP contribution in [0.5, 0.6) is 0 Å². The SMILES string of the molecule is CC(C)(C)c1ccc(CN(C(=O)C(=O)O)c2ccc(-c3ccc(F)cc3)cc2)cc1. The van der Waals surface area contributed by atoms with E-state index in [-0.39, 0.29) is 17.8 Å². The summed E-state index contributed by atoms with van der Waals surface area (Å²) in [7, 11) is 0. The molecule has 0 aliphatic carbocycles. The highest BCUT2D eigenvalue weighted by atomic mass is 19.1. The van der Waals surface area contributed by atoms with Gasteiger partial charge in [-0.3, -0.25) is 9.69 Å². The lowest BCUT2D eigenvalue weighted by atomic mass is 9.87. The third kappa shape index (κ3) is 4.92. The van der Waals surface area contributed by atoms with E-state index in [0.717, 1.165) is 22.3 Å². The van der Waals surface area contributed by atoms with Gasteiger partial charge in [0.15, 0.2) is 0 Å². The topological polar surface area (TPSA) is 57.6 Å². The van der Waals surface area contributed by atoms with Gasteiger partial charge in [-0.25, -0.2) is 9.18 Å². The molecule has 0 spiro atoms. The quantitative estimate of drug-likeness (QED) is 0.591. The highest BCUT2D eigenvalue weighted by molar-refractivity contribution is 6.37. The second-order valence-electron chi connectivity index (χ2n) is 8.20. The van der Waals surface area contributed by atoms with Crippen molar-refractivity contribution in [3.05, 3.63) is 89.7 Å². The van der Waals surface area contributed by atoms with Crippen molar-refractivity contribution in [2.45, 2.75) is 32.7 Å². The molecule has 5 heteroatoms. The first-order valence-corrected chi connectivity index (χ1v) is 9.65. The molecule has 3 rings (SSSR count). The predicted octanol–water partition coefficient (Wildman–Crippen LogP) is 5.41. The number of amides is 1. The fourth-order valence-corrected chi connectivity index (χ4v) is 3.16. The molecule has 0 saturated heterocycles. The number of carboxylic acid groups (broad SMARTS) is 1. The average molecular weight is 405 g/mol. The first-order valence-electron chi connectivity index (χ1n) is 9.65. The largest absolute Gasteiger partial charge is 0.474 e. The second-order valence-corrected chi connectivity index (χ2v) is 8.20. The Labute approximate surface area is 175 Å². The van der Waals surface area contributed by atoms with E-state index in [1.54, 1.807) is 36.4 Å². The van der Waals surface area contributed by atoms with Gasteiger partial charge in [0.25, 0.3) is 0 Å². The molecule has 3 aromatic rings. The Kier molecular flexibility index (Phi) is 6.01. The van der Waals surface area contributed by atoms with Gasteiger partial charge >= 0.3 is 11.9 Å². The first-order chi connectivity index (χ1) is 14.1. The summed E-state index contributed by atoms with van der Waals surface area (Å²) in [4.78, 5) is 25.0. The van der Waals surface area contributed by atoms with Crippen LogP contribution in [0.3, 0.4) is 0 Å². The number of carbonyl (C=O) groups is 2. The number of hydrogen-bond acceptors (Lipinski definition) is 2. The molecule has 0 aliphatic heterocycles. The van der Waals surface area contributed by atoms with E-state index in [2.05, 4.69) is 20.8 Å². The van der Waals surface area contributed by atoms with Crippen LogP contribution in [0, 0.1) is 5.82 Å². The molecule has 0 unspecified atom stereocenters. The fraction of sp³-hybridized carbons (Fsp3) is 0.200. The van der Waals surface area contributed by atoms with Crippen LogP contribution in [-0.2, 0) is 21.5 Å². The van der Waals surface area contributed by atoms with Crippen molar-refractivity contribution >= 4 is 17.6 Å². The fourth-order valence-electron chi connectivity index (χ4n) is 3.16. The first kappa shape index (κ1) is 21.2. The monoisotopic (exact) mass is 405 g/mol. The molecule has 4 nitrogen and oxygen atoms in total. The van der Waals surface area contributed by atoms with Gasteiger partial charge in [0.1, 0.15) is 5.82 Å². The van der Waals surface area contributed by atoms with Gasteiger partial charge in [-0.05, 0) is 51.9 Å². The van der Waals surface area contributed by atoms with E-state index < -0.39 is 11.9 Å². The zero-order valence-electron chi connectivity index (χ0n) is 17.2. The summed E-state index contributed by atoms with van der Waals surface area (Å²) < 4.78 is 13.1. The van der Waals surface area contributed by atoms with Crippen LogP contribution in [0.1, 0.15) is 31.9 Å². The minimum absolute atomic E-state index is 0.00524. The Morgan fingerprint density at radius 2 is 1.33 bits per heavy atom. The van der Waals surface area contributed by atoms with E-state index in [4.69, 9.17) is 0 Å². The minimum Gasteiger partial charge on any atom is -0.474 e. The van der Waals surface area contributed by atoms with Crippen LogP contribution >= 0.6 is 0 Å². The van der Waals surface area contributed by atoms with E-state index in [1.165, 1.54) is 17.0 Å². The van der Waals surface area contributed by atoms with Crippen molar-refractivity contribution in [2.24, 2.45) is 0 Å². The molecule has 0 heterocycles. The van der Waals surface area contributed by atoms with Gasteiger partial charge in [-0.1, -0.05) is 69.3 Å². The number of anilines is 1. The molecule has 0 bridgehead atoms. The normalized spacial score (nSPS) is 11.2. The Balaban J connectivity index is 1.87. The van der Waals surface area contributed by atoms with Gasteiger partial charge in [0, 0.05) is 5.69 Å². The maximum Gasteiger partial charge on any atom is 0.394 e. The van der Waals surface area contributed by atoms with Crippen molar-refractivity contribution in [1.29, 1.82) is 0 Å². The summed E-state index contributed by atoms with van der Waals surface area (Å²) in [5, 5.41) is 9.27. The van der Waals surface area contributed by atoms with Crippen LogP contribution in [0.4, 0.5) is 10.1 Å². The summed E-state index contributed by atoms with van der Waals surface area (Å²) in [6.07, 6.45) is 0. The second kappa shape index (κ2) is 8.49. The molecule has 0 radical (unpaired) electrons. The van der Waals surface area contributed by atoms with Crippen molar-refractivity contribution in [2.75, 3.05) is 4.90 Å². The summed E-state index contributed by atoms with van der Waals surface area (Å²) in [5.41, 5.74) is 4.15. The summed E-state index contributed by atoms with van der Waals surface area (Å²) in [5.74, 6) is -2.82. The lowest BCUT2D eigenvalue weighted by molar-refractivity contribution is -0.148. The smallest absolute Gasteiger partial charge is 0.394 e. The molecular formula is C25H24FNO3. The lowest BCUT2D eigenvalue weighted by Crippen LogP contribution is -2.36. The highest BCUT2D eigenvalue weighted by Crippen LogP contribution is 2.26. The number of benzene rings is 3. The van der Waals surface area contributed by atoms with Gasteiger partial charge in [-0.15, -0.1) is 0 Å². The maximum atomic E-state index is 13.1. The highest BCUT2D eigenvalue weighted by Gasteiger charge is 2.23. The van der Waals surface area contributed by atoms with Gasteiger partial charge in [-0.2, -0.15) is 0 Å². The molecule has 154 valence electrons. The third-order valence-electron chi connectivity index (χ3n) is 4.95. The predicted molar refractivity (Wildman–Crippen MR) is 116 cm³/mol. The standard InChI is InChI=1S/C25H24FNO3/c1-25(2,3)20-10-4-17(5-11-20)16-27(23(28)24(29)30)22-14-8-19(9-15-22)18-6-12-21(26)13-7-18/h4-15H,16H2,1-3H3,(H,29,30). The molecule has 1 amide bonds. The number of rotatable bonds is 4. The zero-order valence-corrected chi connectivity index (χ0v) is 17.2. The van der Waals surface area contributed by atoms with Crippen LogP contribution in [0.2, 0.25) is 0 Å². The summed E-state index contributed by atoms with van der Waals surface area (Å²) >= 11 is 0. The Morgan fingerprint density at radius 1 is 0.833 bits per heavy atom. The number of nitrogens with zero attached hydrogens (tertiary/aromatic N) is 1. The summed E-state index contributed by atoms with van der Waals surface area (Å²) in [6.45, 7) is 6.49. The molecule has 0 saturated carbocycles. The number of hydrogen-bond donors (Lipinski definition) is 1. The van der Waals surface area contributed by atoms with E-state index in [1.807, 2.05) is 24.3 Å². The summed E-state index contributed by atoms with van der Waals surface area (Å²) in [6, 6.07) is 20.9. The molecule has 0 atom stereocenters. The number of halogens is 1. The van der Waals surface area contributed by atoms with Crippen molar-refractivity contribution in [3.8, 4) is 11.1 Å². The van der Waals surface area contributed by atoms with E-state index in [0.29, 0.717) is 5.69 Å². The molecule has 0 aliphatic rings. The number of aliphatic carboxylic acids is 1. The van der Waals surface area contributed by atoms with Crippen molar-refractivity contribution < 1.29 is 19.1 Å². The molecule has 0 fully saturated rings. The van der Waals surface area contributed by atoms with E-state index in [9.17, 15) is 19.1 Å². The van der Waals surface area contributed by atoms with Gasteiger partial charge in [0.2, 0.25) is 0 Å².